The molecule has 2 aliphatic rings. The summed E-state index contributed by atoms with van der Waals surface area (Å²) < 4.78 is 27.2. The largest absolute Gasteiger partial charge is 0.496 e. The second kappa shape index (κ2) is 10.1. The Hall–Kier alpha value is -3.68. The van der Waals surface area contributed by atoms with Crippen molar-refractivity contribution in [1.82, 2.24) is 5.32 Å². The SMILES string of the molecule is COc1c(C)c2c(c(OC)c1CC=C(C)CCC(=O)NCc1ccc3c(c1)OCO3)C(=O)OC2. The number of carbonyl (C=O) groups is 2. The maximum absolute atomic E-state index is 12.4. The van der Waals surface area contributed by atoms with Gasteiger partial charge in [0.25, 0.3) is 0 Å². The van der Waals surface area contributed by atoms with Crippen molar-refractivity contribution in [2.24, 2.45) is 0 Å². The Balaban J connectivity index is 1.37. The van der Waals surface area contributed by atoms with Gasteiger partial charge in [-0.3, -0.25) is 4.79 Å². The maximum Gasteiger partial charge on any atom is 0.342 e. The molecule has 34 heavy (non-hydrogen) atoms. The fourth-order valence-electron chi connectivity index (χ4n) is 4.26. The second-order valence-electron chi connectivity index (χ2n) is 8.32. The highest BCUT2D eigenvalue weighted by atomic mass is 16.7. The number of hydrogen-bond acceptors (Lipinski definition) is 7. The van der Waals surface area contributed by atoms with Gasteiger partial charge in [-0.15, -0.1) is 0 Å². The zero-order valence-electron chi connectivity index (χ0n) is 19.9. The highest BCUT2D eigenvalue weighted by molar-refractivity contribution is 5.98. The summed E-state index contributed by atoms with van der Waals surface area (Å²) in [5.74, 6) is 2.20. The Morgan fingerprint density at radius 3 is 2.62 bits per heavy atom. The molecule has 180 valence electrons. The molecular formula is C26H29NO7. The van der Waals surface area contributed by atoms with Gasteiger partial charge in [-0.05, 0) is 49.9 Å². The van der Waals surface area contributed by atoms with Gasteiger partial charge in [-0.1, -0.05) is 17.7 Å². The average molecular weight is 468 g/mol. The molecule has 1 amide bonds. The van der Waals surface area contributed by atoms with Crippen molar-refractivity contribution in [3.05, 3.63) is 57.7 Å². The summed E-state index contributed by atoms with van der Waals surface area (Å²) in [6, 6.07) is 5.64. The van der Waals surface area contributed by atoms with Crippen LogP contribution in [0.4, 0.5) is 0 Å². The molecule has 2 aromatic carbocycles. The highest BCUT2D eigenvalue weighted by Gasteiger charge is 2.32. The Morgan fingerprint density at radius 2 is 1.85 bits per heavy atom. The number of amides is 1. The van der Waals surface area contributed by atoms with Crippen LogP contribution in [-0.4, -0.2) is 32.9 Å². The van der Waals surface area contributed by atoms with E-state index in [1.807, 2.05) is 38.1 Å². The average Bonchev–Trinajstić information content (AvgIpc) is 3.46. The number of carbonyl (C=O) groups excluding carboxylic acids is 2. The van der Waals surface area contributed by atoms with Crippen molar-refractivity contribution in [1.29, 1.82) is 0 Å². The van der Waals surface area contributed by atoms with Crippen molar-refractivity contribution >= 4 is 11.9 Å². The fourth-order valence-corrected chi connectivity index (χ4v) is 4.26. The molecule has 0 saturated heterocycles. The maximum atomic E-state index is 12.4. The second-order valence-corrected chi connectivity index (χ2v) is 8.32. The predicted molar refractivity (Wildman–Crippen MR) is 125 cm³/mol. The summed E-state index contributed by atoms with van der Waals surface area (Å²) in [4.78, 5) is 24.6. The van der Waals surface area contributed by atoms with E-state index in [9.17, 15) is 9.59 Å². The molecule has 4 rings (SSSR count). The van der Waals surface area contributed by atoms with Gasteiger partial charge in [0, 0.05) is 24.1 Å². The molecule has 8 heteroatoms. The summed E-state index contributed by atoms with van der Waals surface area (Å²) >= 11 is 0. The number of benzene rings is 2. The van der Waals surface area contributed by atoms with Gasteiger partial charge in [-0.2, -0.15) is 0 Å². The van der Waals surface area contributed by atoms with E-state index in [2.05, 4.69) is 5.32 Å². The van der Waals surface area contributed by atoms with Crippen LogP contribution in [0.2, 0.25) is 0 Å². The molecular weight excluding hydrogens is 438 g/mol. The van der Waals surface area contributed by atoms with Crippen molar-refractivity contribution in [2.45, 2.75) is 46.3 Å². The topological polar surface area (TPSA) is 92.3 Å². The standard InChI is InChI=1S/C26H29NO7/c1-15(6-10-22(28)27-12-17-7-9-20-21(11-17)34-14-33-20)5-8-18-24(30-3)16(2)19-13-32-26(29)23(19)25(18)31-4/h5,7,9,11H,6,8,10,12-14H2,1-4H3,(H,27,28). The predicted octanol–water partition coefficient (Wildman–Crippen LogP) is 4.00. The van der Waals surface area contributed by atoms with Crippen LogP contribution in [0.25, 0.3) is 0 Å². The smallest absolute Gasteiger partial charge is 0.342 e. The van der Waals surface area contributed by atoms with Crippen molar-refractivity contribution in [2.75, 3.05) is 21.0 Å². The minimum absolute atomic E-state index is 0.0308. The van der Waals surface area contributed by atoms with Crippen molar-refractivity contribution < 1.29 is 33.3 Å². The van der Waals surface area contributed by atoms with Gasteiger partial charge in [0.05, 0.1) is 14.2 Å². The van der Waals surface area contributed by atoms with E-state index >= 15 is 0 Å². The molecule has 0 radical (unpaired) electrons. The lowest BCUT2D eigenvalue weighted by Crippen LogP contribution is -2.22. The van der Waals surface area contributed by atoms with Gasteiger partial charge in [0.1, 0.15) is 23.7 Å². The van der Waals surface area contributed by atoms with Crippen LogP contribution in [0.1, 0.15) is 52.4 Å². The van der Waals surface area contributed by atoms with E-state index in [0.29, 0.717) is 48.6 Å². The van der Waals surface area contributed by atoms with E-state index in [0.717, 1.165) is 33.6 Å². The summed E-state index contributed by atoms with van der Waals surface area (Å²) in [7, 11) is 3.15. The van der Waals surface area contributed by atoms with E-state index in [-0.39, 0.29) is 25.3 Å². The van der Waals surface area contributed by atoms with Crippen LogP contribution in [0.3, 0.4) is 0 Å². The first-order valence-corrected chi connectivity index (χ1v) is 11.2. The van der Waals surface area contributed by atoms with Crippen LogP contribution in [-0.2, 0) is 29.1 Å². The molecule has 2 heterocycles. The quantitative estimate of drug-likeness (QED) is 0.440. The monoisotopic (exact) mass is 467 g/mol. The normalized spacial score (nSPS) is 14.0. The third-order valence-corrected chi connectivity index (χ3v) is 6.16. The number of allylic oxidation sites excluding steroid dienone is 2. The molecule has 0 aliphatic carbocycles. The van der Waals surface area contributed by atoms with Gasteiger partial charge >= 0.3 is 5.97 Å². The van der Waals surface area contributed by atoms with Gasteiger partial charge in [0.15, 0.2) is 11.5 Å². The summed E-state index contributed by atoms with van der Waals surface area (Å²) in [6.45, 7) is 4.78. The molecule has 2 aromatic rings. The molecule has 1 N–H and O–H groups in total. The lowest BCUT2D eigenvalue weighted by molar-refractivity contribution is -0.121. The molecule has 0 fully saturated rings. The lowest BCUT2D eigenvalue weighted by Gasteiger charge is -2.18. The van der Waals surface area contributed by atoms with Crippen LogP contribution in [0.5, 0.6) is 23.0 Å². The van der Waals surface area contributed by atoms with E-state index in [1.165, 1.54) is 0 Å². The van der Waals surface area contributed by atoms with Gasteiger partial charge in [0.2, 0.25) is 12.7 Å². The number of methoxy groups -OCH3 is 2. The molecule has 2 aliphatic heterocycles. The van der Waals surface area contributed by atoms with Crippen molar-refractivity contribution in [3.8, 4) is 23.0 Å². The summed E-state index contributed by atoms with van der Waals surface area (Å²) in [5, 5.41) is 2.94. The Bertz CT molecular complexity index is 1150. The molecule has 0 saturated carbocycles. The number of nitrogens with one attached hydrogen (secondary N) is 1. The zero-order valence-corrected chi connectivity index (χ0v) is 19.9. The Morgan fingerprint density at radius 1 is 1.09 bits per heavy atom. The summed E-state index contributed by atoms with van der Waals surface area (Å²) in [5.41, 5.74) is 4.98. The van der Waals surface area contributed by atoms with E-state index in [1.54, 1.807) is 14.2 Å². The van der Waals surface area contributed by atoms with E-state index < -0.39 is 0 Å². The Labute approximate surface area is 198 Å². The number of cyclic esters (lactones) is 1. The van der Waals surface area contributed by atoms with Crippen LogP contribution < -0.4 is 24.3 Å². The molecule has 0 unspecified atom stereocenters. The lowest BCUT2D eigenvalue weighted by atomic mass is 9.94. The number of hydrogen-bond donors (Lipinski definition) is 1. The molecule has 0 atom stereocenters. The number of rotatable bonds is 9. The van der Waals surface area contributed by atoms with Crippen LogP contribution >= 0.6 is 0 Å². The number of ether oxygens (including phenoxy) is 5. The minimum atomic E-state index is -0.376. The first-order chi connectivity index (χ1) is 16.4. The van der Waals surface area contributed by atoms with Crippen molar-refractivity contribution in [3.63, 3.8) is 0 Å². The number of fused-ring (bicyclic) bond motifs is 2. The van der Waals surface area contributed by atoms with Gasteiger partial charge in [-0.25, -0.2) is 4.79 Å². The zero-order chi connectivity index (χ0) is 24.2. The third-order valence-electron chi connectivity index (χ3n) is 6.16. The first kappa shape index (κ1) is 23.5. The molecule has 0 bridgehead atoms. The Kier molecular flexibility index (Phi) is 6.95. The molecule has 0 spiro atoms. The number of esters is 1. The highest BCUT2D eigenvalue weighted by Crippen LogP contribution is 2.42. The summed E-state index contributed by atoms with van der Waals surface area (Å²) in [6.07, 6.45) is 3.54. The van der Waals surface area contributed by atoms with Gasteiger partial charge < -0.3 is 29.0 Å². The molecule has 8 nitrogen and oxygen atoms in total. The van der Waals surface area contributed by atoms with Crippen LogP contribution in [0.15, 0.2) is 29.8 Å². The first-order valence-electron chi connectivity index (χ1n) is 11.2. The molecule has 0 aromatic heterocycles. The fraction of sp³-hybridized carbons (Fsp3) is 0.385. The third kappa shape index (κ3) is 4.66. The van der Waals surface area contributed by atoms with Crippen LogP contribution in [0, 0.1) is 6.92 Å². The van der Waals surface area contributed by atoms with E-state index in [4.69, 9.17) is 23.7 Å². The minimum Gasteiger partial charge on any atom is -0.496 e.